The molecule has 1 aromatic heterocycles. The van der Waals surface area contributed by atoms with Crippen LogP contribution in [-0.2, 0) is 4.79 Å². The monoisotopic (exact) mass is 341 g/mol. The maximum absolute atomic E-state index is 12.9. The molecule has 0 N–H and O–H groups in total. The van der Waals surface area contributed by atoms with Crippen molar-refractivity contribution in [2.75, 3.05) is 26.7 Å². The molecule has 24 heavy (non-hydrogen) atoms. The van der Waals surface area contributed by atoms with Crippen molar-refractivity contribution >= 4 is 23.2 Å². The Morgan fingerprint density at radius 2 is 2.12 bits per heavy atom. The first-order valence-electron chi connectivity index (χ1n) is 8.10. The van der Waals surface area contributed by atoms with Crippen LogP contribution in [0.2, 0.25) is 0 Å². The number of hydrogen-bond acceptors (Lipinski definition) is 4. The summed E-state index contributed by atoms with van der Waals surface area (Å²) >= 11 is 1.41. The molecule has 2 fully saturated rings. The van der Waals surface area contributed by atoms with Gasteiger partial charge in [-0.3, -0.25) is 9.59 Å². The molecule has 2 saturated heterocycles. The topological polar surface area (TPSA) is 53.5 Å². The van der Waals surface area contributed by atoms with Crippen LogP contribution in [0.1, 0.15) is 28.4 Å². The highest BCUT2D eigenvalue weighted by atomic mass is 32.1. The van der Waals surface area contributed by atoms with Gasteiger partial charge in [0, 0.05) is 38.0 Å². The maximum Gasteiger partial charge on any atom is 0.273 e. The van der Waals surface area contributed by atoms with Gasteiger partial charge in [0.05, 0.1) is 10.9 Å². The number of rotatable bonds is 2. The molecule has 0 aliphatic carbocycles. The molecule has 124 valence electrons. The van der Waals surface area contributed by atoms with Gasteiger partial charge in [-0.15, -0.1) is 11.3 Å². The summed E-state index contributed by atoms with van der Waals surface area (Å²) in [6, 6.07) is 10.1. The lowest BCUT2D eigenvalue weighted by Crippen LogP contribution is -2.39. The van der Waals surface area contributed by atoms with Gasteiger partial charge < -0.3 is 9.80 Å². The van der Waals surface area contributed by atoms with Crippen molar-refractivity contribution in [3.05, 3.63) is 52.5 Å². The summed E-state index contributed by atoms with van der Waals surface area (Å²) in [7, 11) is 1.85. The summed E-state index contributed by atoms with van der Waals surface area (Å²) in [5, 5.41) is 1.77. The molecule has 0 unspecified atom stereocenters. The molecule has 3 heterocycles. The SMILES string of the molecule is CN1CC[C@@]2(CN(C(=O)c3cscn3)C[C@@H]2c2ccccc2)C1=O. The molecule has 4 rings (SSSR count). The Kier molecular flexibility index (Phi) is 3.64. The van der Waals surface area contributed by atoms with Gasteiger partial charge in [-0.25, -0.2) is 4.98 Å². The molecule has 2 atom stereocenters. The lowest BCUT2D eigenvalue weighted by Gasteiger charge is -2.28. The fourth-order valence-corrected chi connectivity index (χ4v) is 4.61. The molecule has 2 aliphatic heterocycles. The van der Waals surface area contributed by atoms with Crippen LogP contribution in [-0.4, -0.2) is 53.3 Å². The number of nitrogens with zero attached hydrogens (tertiary/aromatic N) is 3. The van der Waals surface area contributed by atoms with Crippen molar-refractivity contribution in [3.8, 4) is 0 Å². The number of carbonyl (C=O) groups is 2. The summed E-state index contributed by atoms with van der Waals surface area (Å²) in [4.78, 5) is 33.4. The molecule has 6 heteroatoms. The van der Waals surface area contributed by atoms with E-state index in [9.17, 15) is 9.59 Å². The third-order valence-corrected chi connectivity index (χ3v) is 5.94. The van der Waals surface area contributed by atoms with E-state index < -0.39 is 5.41 Å². The van der Waals surface area contributed by atoms with Gasteiger partial charge in [0.25, 0.3) is 5.91 Å². The zero-order valence-corrected chi connectivity index (χ0v) is 14.3. The van der Waals surface area contributed by atoms with Crippen molar-refractivity contribution in [2.24, 2.45) is 5.41 Å². The van der Waals surface area contributed by atoms with E-state index in [4.69, 9.17) is 0 Å². The highest BCUT2D eigenvalue weighted by Gasteiger charge is 2.57. The summed E-state index contributed by atoms with van der Waals surface area (Å²) in [5.74, 6) is 0.125. The van der Waals surface area contributed by atoms with Crippen molar-refractivity contribution < 1.29 is 9.59 Å². The quantitative estimate of drug-likeness (QED) is 0.842. The Balaban J connectivity index is 1.71. The lowest BCUT2D eigenvalue weighted by atomic mass is 9.73. The predicted molar refractivity (Wildman–Crippen MR) is 91.9 cm³/mol. The standard InChI is InChI=1S/C18H19N3O2S/c1-20-8-7-18(17(20)23)11-21(16(22)15-10-24-12-19-15)9-14(18)13-5-3-2-4-6-13/h2-6,10,12,14H,7-9,11H2,1H3/t14-,18+/m1/s1. The van der Waals surface area contributed by atoms with Crippen LogP contribution in [0.5, 0.6) is 0 Å². The largest absolute Gasteiger partial charge is 0.345 e. The summed E-state index contributed by atoms with van der Waals surface area (Å²) in [5.41, 5.74) is 2.78. The Morgan fingerprint density at radius 3 is 2.75 bits per heavy atom. The normalized spacial score (nSPS) is 26.5. The van der Waals surface area contributed by atoms with E-state index in [1.54, 1.807) is 15.8 Å². The average molecular weight is 341 g/mol. The van der Waals surface area contributed by atoms with Crippen molar-refractivity contribution in [2.45, 2.75) is 12.3 Å². The van der Waals surface area contributed by atoms with Crippen LogP contribution >= 0.6 is 11.3 Å². The molecule has 5 nitrogen and oxygen atoms in total. The smallest absolute Gasteiger partial charge is 0.273 e. The number of likely N-dealkylation sites (tertiary alicyclic amines) is 2. The summed E-state index contributed by atoms with van der Waals surface area (Å²) < 4.78 is 0. The Labute approximate surface area is 144 Å². The van der Waals surface area contributed by atoms with Crippen molar-refractivity contribution in [1.82, 2.24) is 14.8 Å². The first kappa shape index (κ1) is 15.3. The van der Waals surface area contributed by atoms with Crippen LogP contribution in [0.25, 0.3) is 0 Å². The van der Waals surface area contributed by atoms with Gasteiger partial charge in [0.15, 0.2) is 0 Å². The second-order valence-corrected chi connectivity index (χ2v) is 7.37. The van der Waals surface area contributed by atoms with Crippen molar-refractivity contribution in [1.29, 1.82) is 0 Å². The first-order valence-corrected chi connectivity index (χ1v) is 9.04. The number of benzene rings is 1. The Hall–Kier alpha value is -2.21. The zero-order valence-electron chi connectivity index (χ0n) is 13.5. The van der Waals surface area contributed by atoms with Crippen LogP contribution in [0.3, 0.4) is 0 Å². The fraction of sp³-hybridized carbons (Fsp3) is 0.389. The molecule has 2 aliphatic rings. The zero-order chi connectivity index (χ0) is 16.7. The minimum Gasteiger partial charge on any atom is -0.345 e. The molecule has 0 radical (unpaired) electrons. The third kappa shape index (κ3) is 2.24. The predicted octanol–water partition coefficient (Wildman–Crippen LogP) is 2.23. The molecule has 2 amide bonds. The summed E-state index contributed by atoms with van der Waals surface area (Å²) in [6.45, 7) is 1.80. The Bertz CT molecular complexity index is 762. The molecule has 2 aromatic rings. The van der Waals surface area contributed by atoms with E-state index in [-0.39, 0.29) is 17.7 Å². The molecule has 0 saturated carbocycles. The number of amides is 2. The molecular formula is C18H19N3O2S. The van der Waals surface area contributed by atoms with Gasteiger partial charge in [-0.1, -0.05) is 30.3 Å². The van der Waals surface area contributed by atoms with E-state index in [0.29, 0.717) is 18.8 Å². The minimum absolute atomic E-state index is 0.0405. The van der Waals surface area contributed by atoms with Crippen LogP contribution in [0.15, 0.2) is 41.2 Å². The van der Waals surface area contributed by atoms with Gasteiger partial charge in [-0.2, -0.15) is 0 Å². The molecule has 0 bridgehead atoms. The van der Waals surface area contributed by atoms with Crippen LogP contribution in [0.4, 0.5) is 0 Å². The molecule has 1 aromatic carbocycles. The van der Waals surface area contributed by atoms with Crippen LogP contribution < -0.4 is 0 Å². The number of thiazole rings is 1. The van der Waals surface area contributed by atoms with Gasteiger partial charge in [-0.05, 0) is 12.0 Å². The van der Waals surface area contributed by atoms with Crippen LogP contribution in [0, 0.1) is 5.41 Å². The maximum atomic E-state index is 12.9. The molecular weight excluding hydrogens is 322 g/mol. The van der Waals surface area contributed by atoms with Gasteiger partial charge >= 0.3 is 0 Å². The molecule has 1 spiro atoms. The number of carbonyl (C=O) groups excluding carboxylic acids is 2. The second-order valence-electron chi connectivity index (χ2n) is 6.66. The number of aromatic nitrogens is 1. The van der Waals surface area contributed by atoms with E-state index >= 15 is 0 Å². The van der Waals surface area contributed by atoms with Gasteiger partial charge in [0.1, 0.15) is 5.69 Å². The highest BCUT2D eigenvalue weighted by Crippen LogP contribution is 2.49. The lowest BCUT2D eigenvalue weighted by molar-refractivity contribution is -0.134. The van der Waals surface area contributed by atoms with E-state index in [1.807, 2.05) is 30.1 Å². The number of hydrogen-bond donors (Lipinski definition) is 0. The third-order valence-electron chi connectivity index (χ3n) is 5.35. The highest BCUT2D eigenvalue weighted by molar-refractivity contribution is 7.07. The Morgan fingerprint density at radius 1 is 1.33 bits per heavy atom. The van der Waals surface area contributed by atoms with E-state index in [2.05, 4.69) is 17.1 Å². The minimum atomic E-state index is -0.498. The van der Waals surface area contributed by atoms with Crippen molar-refractivity contribution in [3.63, 3.8) is 0 Å². The summed E-state index contributed by atoms with van der Waals surface area (Å²) in [6.07, 6.45) is 0.794. The second kappa shape index (κ2) is 5.70. The fourth-order valence-electron chi connectivity index (χ4n) is 4.08. The van der Waals surface area contributed by atoms with E-state index in [1.165, 1.54) is 11.3 Å². The first-order chi connectivity index (χ1) is 11.6. The van der Waals surface area contributed by atoms with Gasteiger partial charge in [0.2, 0.25) is 5.91 Å². The van der Waals surface area contributed by atoms with E-state index in [0.717, 1.165) is 18.5 Å². The average Bonchev–Trinajstić information content (AvgIpc) is 3.33.